The predicted octanol–water partition coefficient (Wildman–Crippen LogP) is 3.45. The molecular weight excluding hydrogens is 244 g/mol. The van der Waals surface area contributed by atoms with E-state index in [0.29, 0.717) is 19.3 Å². The van der Waals surface area contributed by atoms with Crippen molar-refractivity contribution in [3.05, 3.63) is 0 Å². The molecule has 3 N–H and O–H groups in total. The van der Waals surface area contributed by atoms with Gasteiger partial charge in [0.15, 0.2) is 5.79 Å². The molecule has 0 aromatic carbocycles. The molecule has 114 valence electrons. The maximum absolute atomic E-state index is 10.3. The molecule has 0 spiro atoms. The van der Waals surface area contributed by atoms with Crippen LogP contribution in [0.5, 0.6) is 0 Å². The summed E-state index contributed by atoms with van der Waals surface area (Å²) in [6.45, 7) is 1.78. The Bertz CT molecular complexity index is 226. The third-order valence-electron chi connectivity index (χ3n) is 3.53. The minimum atomic E-state index is -1.47. The number of hydrogen-bond acceptors (Lipinski definition) is 3. The lowest BCUT2D eigenvalue weighted by Crippen LogP contribution is -2.26. The lowest BCUT2D eigenvalue weighted by Gasteiger charge is -2.19. The molecule has 0 aliphatic heterocycles. The Kier molecular flexibility index (Phi) is 10.9. The Balaban J connectivity index is 3.13. The second-order valence-electron chi connectivity index (χ2n) is 5.41. The summed E-state index contributed by atoms with van der Waals surface area (Å²) in [5.41, 5.74) is 0. The van der Waals surface area contributed by atoms with E-state index in [2.05, 4.69) is 0 Å². The van der Waals surface area contributed by atoms with Gasteiger partial charge in [0.25, 0.3) is 0 Å². The van der Waals surface area contributed by atoms with Crippen LogP contribution in [0, 0.1) is 0 Å². The minimum absolute atomic E-state index is 0.293. The summed E-state index contributed by atoms with van der Waals surface area (Å²) in [6.07, 6.45) is 10.7. The molecule has 0 heterocycles. The molecule has 0 fully saturated rings. The molecule has 0 bridgehead atoms. The summed E-state index contributed by atoms with van der Waals surface area (Å²) in [7, 11) is 0. The summed E-state index contributed by atoms with van der Waals surface area (Å²) in [4.78, 5) is 10.3. The number of aliphatic carboxylic acids is 1. The topological polar surface area (TPSA) is 77.8 Å². The van der Waals surface area contributed by atoms with Gasteiger partial charge in [0.1, 0.15) is 0 Å². The fourth-order valence-corrected chi connectivity index (χ4v) is 2.10. The van der Waals surface area contributed by atoms with Crippen LogP contribution in [0.4, 0.5) is 0 Å². The van der Waals surface area contributed by atoms with Gasteiger partial charge < -0.3 is 15.3 Å². The second-order valence-corrected chi connectivity index (χ2v) is 5.41. The van der Waals surface area contributed by atoms with Gasteiger partial charge >= 0.3 is 5.97 Å². The molecule has 0 radical (unpaired) electrons. The third-order valence-corrected chi connectivity index (χ3v) is 3.53. The van der Waals surface area contributed by atoms with E-state index in [1.165, 1.54) is 19.3 Å². The van der Waals surface area contributed by atoms with Gasteiger partial charge in [-0.15, -0.1) is 0 Å². The summed E-state index contributed by atoms with van der Waals surface area (Å²) in [5, 5.41) is 27.3. The van der Waals surface area contributed by atoms with E-state index in [9.17, 15) is 15.0 Å². The number of carboxylic acid groups (broad SMARTS) is 1. The van der Waals surface area contributed by atoms with Crippen LogP contribution < -0.4 is 0 Å². The number of aliphatic hydroxyl groups is 2. The second kappa shape index (κ2) is 11.2. The van der Waals surface area contributed by atoms with Gasteiger partial charge in [-0.25, -0.2) is 0 Å². The SMILES string of the molecule is CCC(O)(O)CCCCCCCCCCCC(=O)O. The van der Waals surface area contributed by atoms with Crippen molar-refractivity contribution in [1.82, 2.24) is 0 Å². The highest BCUT2D eigenvalue weighted by Crippen LogP contribution is 2.17. The molecule has 0 rings (SSSR count). The Morgan fingerprint density at radius 2 is 1.26 bits per heavy atom. The first kappa shape index (κ1) is 18.4. The maximum Gasteiger partial charge on any atom is 0.303 e. The fraction of sp³-hybridized carbons (Fsp3) is 0.933. The number of rotatable bonds is 13. The molecular formula is C15H30O4. The normalized spacial score (nSPS) is 11.7. The molecule has 0 unspecified atom stereocenters. The third kappa shape index (κ3) is 13.6. The minimum Gasteiger partial charge on any atom is -0.481 e. The highest BCUT2D eigenvalue weighted by Gasteiger charge is 2.18. The van der Waals surface area contributed by atoms with Crippen LogP contribution in [0.25, 0.3) is 0 Å². The largest absolute Gasteiger partial charge is 0.481 e. The number of hydrogen-bond donors (Lipinski definition) is 3. The van der Waals surface area contributed by atoms with Gasteiger partial charge in [0.05, 0.1) is 0 Å². The lowest BCUT2D eigenvalue weighted by atomic mass is 10.0. The van der Waals surface area contributed by atoms with Crippen LogP contribution in [-0.4, -0.2) is 27.1 Å². The molecule has 0 saturated heterocycles. The zero-order valence-corrected chi connectivity index (χ0v) is 12.2. The first-order valence-corrected chi connectivity index (χ1v) is 7.64. The van der Waals surface area contributed by atoms with E-state index in [1.54, 1.807) is 6.92 Å². The van der Waals surface area contributed by atoms with E-state index >= 15 is 0 Å². The molecule has 19 heavy (non-hydrogen) atoms. The smallest absolute Gasteiger partial charge is 0.303 e. The Morgan fingerprint density at radius 1 is 0.842 bits per heavy atom. The van der Waals surface area contributed by atoms with Crippen LogP contribution in [0.3, 0.4) is 0 Å². The molecule has 0 atom stereocenters. The molecule has 0 amide bonds. The van der Waals surface area contributed by atoms with Gasteiger partial charge in [-0.3, -0.25) is 4.79 Å². The van der Waals surface area contributed by atoms with Crippen LogP contribution in [0.15, 0.2) is 0 Å². The Labute approximate surface area is 116 Å². The van der Waals surface area contributed by atoms with Gasteiger partial charge in [-0.1, -0.05) is 51.9 Å². The van der Waals surface area contributed by atoms with Crippen molar-refractivity contribution in [2.75, 3.05) is 0 Å². The van der Waals surface area contributed by atoms with Crippen LogP contribution in [-0.2, 0) is 4.79 Å². The number of unbranched alkanes of at least 4 members (excludes halogenated alkanes) is 8. The molecule has 0 saturated carbocycles. The summed E-state index contributed by atoms with van der Waals surface area (Å²) in [5.74, 6) is -2.17. The average molecular weight is 274 g/mol. The highest BCUT2D eigenvalue weighted by molar-refractivity contribution is 5.66. The van der Waals surface area contributed by atoms with E-state index in [-0.39, 0.29) is 0 Å². The summed E-state index contributed by atoms with van der Waals surface area (Å²) >= 11 is 0. The molecule has 0 aromatic heterocycles. The number of carboxylic acids is 1. The quantitative estimate of drug-likeness (QED) is 0.355. The van der Waals surface area contributed by atoms with Gasteiger partial charge in [-0.2, -0.15) is 0 Å². The van der Waals surface area contributed by atoms with E-state index in [1.807, 2.05) is 0 Å². The summed E-state index contributed by atoms with van der Waals surface area (Å²) in [6, 6.07) is 0. The van der Waals surface area contributed by atoms with E-state index < -0.39 is 11.8 Å². The Morgan fingerprint density at radius 3 is 1.68 bits per heavy atom. The van der Waals surface area contributed by atoms with Gasteiger partial charge in [0, 0.05) is 12.8 Å². The Hall–Kier alpha value is -0.610. The standard InChI is InChI=1S/C15H30O4/c1-2-15(18,19)13-11-9-7-5-3-4-6-8-10-12-14(16)17/h18-19H,2-13H2,1H3,(H,16,17). The van der Waals surface area contributed by atoms with Crippen molar-refractivity contribution in [2.24, 2.45) is 0 Å². The van der Waals surface area contributed by atoms with Crippen molar-refractivity contribution < 1.29 is 20.1 Å². The van der Waals surface area contributed by atoms with Crippen LogP contribution in [0.2, 0.25) is 0 Å². The lowest BCUT2D eigenvalue weighted by molar-refractivity contribution is -0.167. The van der Waals surface area contributed by atoms with Crippen LogP contribution in [0.1, 0.15) is 84.0 Å². The zero-order chi connectivity index (χ0) is 14.6. The molecule has 4 nitrogen and oxygen atoms in total. The van der Waals surface area contributed by atoms with Crippen molar-refractivity contribution >= 4 is 5.97 Å². The van der Waals surface area contributed by atoms with Crippen LogP contribution >= 0.6 is 0 Å². The van der Waals surface area contributed by atoms with Crippen molar-refractivity contribution in [3.8, 4) is 0 Å². The average Bonchev–Trinajstić information content (AvgIpc) is 2.35. The summed E-state index contributed by atoms with van der Waals surface area (Å²) < 4.78 is 0. The highest BCUT2D eigenvalue weighted by atomic mass is 16.5. The molecule has 0 aliphatic rings. The zero-order valence-electron chi connectivity index (χ0n) is 12.2. The molecule has 4 heteroatoms. The predicted molar refractivity (Wildman–Crippen MR) is 75.9 cm³/mol. The monoisotopic (exact) mass is 274 g/mol. The van der Waals surface area contributed by atoms with Crippen molar-refractivity contribution in [2.45, 2.75) is 89.8 Å². The fourth-order valence-electron chi connectivity index (χ4n) is 2.10. The van der Waals surface area contributed by atoms with Gasteiger partial charge in [0.2, 0.25) is 0 Å². The molecule has 0 aromatic rings. The van der Waals surface area contributed by atoms with Crippen molar-refractivity contribution in [3.63, 3.8) is 0 Å². The van der Waals surface area contributed by atoms with E-state index in [0.717, 1.165) is 38.5 Å². The maximum atomic E-state index is 10.3. The number of carbonyl (C=O) groups is 1. The van der Waals surface area contributed by atoms with Crippen molar-refractivity contribution in [1.29, 1.82) is 0 Å². The first-order valence-electron chi connectivity index (χ1n) is 7.64. The van der Waals surface area contributed by atoms with E-state index in [4.69, 9.17) is 5.11 Å². The first-order chi connectivity index (χ1) is 8.98. The van der Waals surface area contributed by atoms with Gasteiger partial charge in [-0.05, 0) is 19.3 Å². The molecule has 0 aliphatic carbocycles.